The molecule has 0 atom stereocenters. The van der Waals surface area contributed by atoms with Crippen LogP contribution in [0.5, 0.6) is 0 Å². The van der Waals surface area contributed by atoms with Gasteiger partial charge in [-0.15, -0.1) is 0 Å². The Balaban J connectivity index is 2.32. The van der Waals surface area contributed by atoms with Gasteiger partial charge in [0.1, 0.15) is 0 Å². The molecule has 0 aromatic heterocycles. The summed E-state index contributed by atoms with van der Waals surface area (Å²) in [6.45, 7) is 0.862. The molecule has 0 amide bonds. The Morgan fingerprint density at radius 3 is 1.25 bits per heavy atom. The monoisotopic (exact) mass is 320 g/mol. The zero-order valence-electron chi connectivity index (χ0n) is 13.4. The quantitative estimate of drug-likeness (QED) is 0.542. The second-order valence-corrected chi connectivity index (χ2v) is 5.44. The Labute approximate surface area is 140 Å². The highest BCUT2D eigenvalue weighted by molar-refractivity contribution is 6.21. The van der Waals surface area contributed by atoms with Crippen molar-refractivity contribution in [2.45, 2.75) is 0 Å². The summed E-state index contributed by atoms with van der Waals surface area (Å²) in [6, 6.07) is 16.3. The molecule has 122 valence electrons. The van der Waals surface area contributed by atoms with Crippen molar-refractivity contribution in [2.75, 3.05) is 26.3 Å². The topological polar surface area (TPSA) is 65.2 Å². The molecule has 24 heavy (non-hydrogen) atoms. The molecule has 3 rings (SSSR count). The lowest BCUT2D eigenvalue weighted by molar-refractivity contribution is 0.307. The number of aliphatic hydroxyl groups excluding tert-OH is 2. The van der Waals surface area contributed by atoms with Crippen LogP contribution >= 0.6 is 0 Å². The molecule has 0 aliphatic carbocycles. The minimum atomic E-state index is 0.0399. The van der Waals surface area contributed by atoms with Gasteiger partial charge in [-0.05, 0) is 21.5 Å². The maximum absolute atomic E-state index is 8.98. The Bertz CT molecular complexity index is 770. The molecular formula is C20H20N2O2. The molecule has 2 N–H and O–H groups in total. The lowest BCUT2D eigenvalue weighted by atomic mass is 9.92. The van der Waals surface area contributed by atoms with Crippen LogP contribution in [0.3, 0.4) is 0 Å². The summed E-state index contributed by atoms with van der Waals surface area (Å²) in [5.74, 6) is 0. The van der Waals surface area contributed by atoms with Gasteiger partial charge in [-0.1, -0.05) is 48.5 Å². The fourth-order valence-corrected chi connectivity index (χ4v) is 2.90. The normalized spacial score (nSPS) is 12.1. The molecule has 0 heterocycles. The van der Waals surface area contributed by atoms with E-state index in [1.807, 2.05) is 36.7 Å². The van der Waals surface area contributed by atoms with E-state index in [0.717, 1.165) is 32.7 Å². The lowest BCUT2D eigenvalue weighted by Crippen LogP contribution is -1.97. The first-order chi connectivity index (χ1) is 11.9. The standard InChI is InChI=1S/C20H20N2O2/c23-11-9-21-13-19-15-5-1-2-6-16(15)20(14-22-10-12-24)18-8-4-3-7-17(18)19/h1-8,13-14,23-24H,9-12H2. The summed E-state index contributed by atoms with van der Waals surface area (Å²) in [6.07, 6.45) is 3.69. The van der Waals surface area contributed by atoms with Crippen molar-refractivity contribution in [3.8, 4) is 0 Å². The molecule has 0 saturated carbocycles. The summed E-state index contributed by atoms with van der Waals surface area (Å²) in [5, 5.41) is 22.4. The molecule has 0 unspecified atom stereocenters. The molecule has 0 saturated heterocycles. The van der Waals surface area contributed by atoms with Gasteiger partial charge in [0.2, 0.25) is 0 Å². The maximum Gasteiger partial charge on any atom is 0.0626 e. The average molecular weight is 320 g/mol. The van der Waals surface area contributed by atoms with E-state index in [1.165, 1.54) is 0 Å². The SMILES string of the molecule is OCCN=Cc1c2ccccc2c(C=NCCO)c2ccccc12. The molecular weight excluding hydrogens is 300 g/mol. The zero-order valence-corrected chi connectivity index (χ0v) is 13.4. The largest absolute Gasteiger partial charge is 0.394 e. The van der Waals surface area contributed by atoms with E-state index in [4.69, 9.17) is 10.2 Å². The number of hydrogen-bond donors (Lipinski definition) is 2. The maximum atomic E-state index is 8.98. The molecule has 0 spiro atoms. The van der Waals surface area contributed by atoms with Gasteiger partial charge >= 0.3 is 0 Å². The third kappa shape index (κ3) is 3.20. The number of aliphatic imine (C=N–C) groups is 2. The predicted octanol–water partition coefficient (Wildman–Crippen LogP) is 2.82. The minimum absolute atomic E-state index is 0.0399. The van der Waals surface area contributed by atoms with Crippen LogP contribution in [-0.4, -0.2) is 48.9 Å². The molecule has 0 aliphatic heterocycles. The molecule has 4 heteroatoms. The van der Waals surface area contributed by atoms with Gasteiger partial charge in [-0.2, -0.15) is 0 Å². The van der Waals surface area contributed by atoms with E-state index >= 15 is 0 Å². The summed E-state index contributed by atoms with van der Waals surface area (Å²) in [7, 11) is 0. The van der Waals surface area contributed by atoms with Crippen molar-refractivity contribution in [3.05, 3.63) is 59.7 Å². The van der Waals surface area contributed by atoms with Crippen LogP contribution in [-0.2, 0) is 0 Å². The number of rotatable bonds is 6. The number of fused-ring (bicyclic) bond motifs is 2. The number of nitrogens with zero attached hydrogens (tertiary/aromatic N) is 2. The van der Waals surface area contributed by atoms with Crippen molar-refractivity contribution < 1.29 is 10.2 Å². The third-order valence-electron chi connectivity index (χ3n) is 3.91. The smallest absolute Gasteiger partial charge is 0.0626 e. The van der Waals surface area contributed by atoms with Crippen molar-refractivity contribution in [1.29, 1.82) is 0 Å². The zero-order chi connectivity index (χ0) is 16.8. The molecule has 0 fully saturated rings. The molecule has 4 nitrogen and oxygen atoms in total. The van der Waals surface area contributed by atoms with Crippen LogP contribution in [0.1, 0.15) is 11.1 Å². The van der Waals surface area contributed by atoms with E-state index in [1.54, 1.807) is 0 Å². The second-order valence-electron chi connectivity index (χ2n) is 5.44. The minimum Gasteiger partial charge on any atom is -0.394 e. The lowest BCUT2D eigenvalue weighted by Gasteiger charge is -2.12. The van der Waals surface area contributed by atoms with Gasteiger partial charge in [-0.3, -0.25) is 9.98 Å². The predicted molar refractivity (Wildman–Crippen MR) is 101 cm³/mol. The van der Waals surface area contributed by atoms with Crippen LogP contribution < -0.4 is 0 Å². The highest BCUT2D eigenvalue weighted by Crippen LogP contribution is 2.31. The Morgan fingerprint density at radius 1 is 0.625 bits per heavy atom. The molecule has 3 aromatic rings. The number of benzene rings is 3. The van der Waals surface area contributed by atoms with Crippen LogP contribution in [0.4, 0.5) is 0 Å². The van der Waals surface area contributed by atoms with Gasteiger partial charge in [0, 0.05) is 23.6 Å². The summed E-state index contributed by atoms with van der Waals surface area (Å²) in [5.41, 5.74) is 2.10. The van der Waals surface area contributed by atoms with Crippen LogP contribution in [0.25, 0.3) is 21.5 Å². The average Bonchev–Trinajstić information content (AvgIpc) is 2.63. The van der Waals surface area contributed by atoms with E-state index < -0.39 is 0 Å². The van der Waals surface area contributed by atoms with E-state index in [-0.39, 0.29) is 13.2 Å². The van der Waals surface area contributed by atoms with Crippen LogP contribution in [0, 0.1) is 0 Å². The summed E-state index contributed by atoms with van der Waals surface area (Å²) < 4.78 is 0. The number of hydrogen-bond acceptors (Lipinski definition) is 4. The van der Waals surface area contributed by atoms with E-state index in [0.29, 0.717) is 13.1 Å². The van der Waals surface area contributed by atoms with Crippen LogP contribution in [0.2, 0.25) is 0 Å². The summed E-state index contributed by atoms with van der Waals surface area (Å²) in [4.78, 5) is 8.65. The fourth-order valence-electron chi connectivity index (χ4n) is 2.90. The van der Waals surface area contributed by atoms with Gasteiger partial charge in [0.25, 0.3) is 0 Å². The van der Waals surface area contributed by atoms with Gasteiger partial charge in [0.05, 0.1) is 26.3 Å². The first-order valence-electron chi connectivity index (χ1n) is 8.01. The van der Waals surface area contributed by atoms with E-state index in [2.05, 4.69) is 34.3 Å². The highest BCUT2D eigenvalue weighted by atomic mass is 16.3. The van der Waals surface area contributed by atoms with Gasteiger partial charge in [-0.25, -0.2) is 0 Å². The van der Waals surface area contributed by atoms with Crippen molar-refractivity contribution in [3.63, 3.8) is 0 Å². The van der Waals surface area contributed by atoms with Gasteiger partial charge in [0.15, 0.2) is 0 Å². The second kappa shape index (κ2) is 7.81. The first kappa shape index (κ1) is 16.3. The number of aliphatic hydroxyl groups is 2. The Hall–Kier alpha value is -2.56. The van der Waals surface area contributed by atoms with Crippen molar-refractivity contribution in [1.82, 2.24) is 0 Å². The molecule has 0 aliphatic rings. The van der Waals surface area contributed by atoms with Gasteiger partial charge < -0.3 is 10.2 Å². The molecule has 0 radical (unpaired) electrons. The Kier molecular flexibility index (Phi) is 5.31. The highest BCUT2D eigenvalue weighted by Gasteiger charge is 2.10. The van der Waals surface area contributed by atoms with Crippen LogP contribution in [0.15, 0.2) is 58.5 Å². The first-order valence-corrected chi connectivity index (χ1v) is 8.01. The molecule has 0 bridgehead atoms. The Morgan fingerprint density at radius 2 is 0.958 bits per heavy atom. The van der Waals surface area contributed by atoms with Crippen molar-refractivity contribution in [2.24, 2.45) is 9.98 Å². The molecule has 3 aromatic carbocycles. The van der Waals surface area contributed by atoms with Crippen molar-refractivity contribution >= 4 is 34.0 Å². The van der Waals surface area contributed by atoms with E-state index in [9.17, 15) is 0 Å². The summed E-state index contributed by atoms with van der Waals surface area (Å²) >= 11 is 0. The third-order valence-corrected chi connectivity index (χ3v) is 3.91. The fraction of sp³-hybridized carbons (Fsp3) is 0.200.